The van der Waals surface area contributed by atoms with Crippen molar-refractivity contribution in [3.05, 3.63) is 35.6 Å². The molecule has 1 amide bonds. The van der Waals surface area contributed by atoms with Crippen LogP contribution in [0.5, 0.6) is 0 Å². The first-order chi connectivity index (χ1) is 10.2. The average Bonchev–Trinajstić information content (AvgIpc) is 2.75. The van der Waals surface area contributed by atoms with E-state index in [1.165, 1.54) is 50.7 Å². The van der Waals surface area contributed by atoms with Gasteiger partial charge in [0, 0.05) is 25.6 Å². The highest BCUT2D eigenvalue weighted by Gasteiger charge is 2.11. The van der Waals surface area contributed by atoms with Crippen molar-refractivity contribution in [2.75, 3.05) is 6.54 Å². The molecule has 1 aliphatic carbocycles. The minimum Gasteiger partial charge on any atom is -0.352 e. The fraction of sp³-hybridized carbons (Fsp3) is 0.588. The van der Waals surface area contributed by atoms with Gasteiger partial charge in [-0.05, 0) is 30.5 Å². The summed E-state index contributed by atoms with van der Waals surface area (Å²) in [6, 6.07) is 6.79. The summed E-state index contributed by atoms with van der Waals surface area (Å²) in [7, 11) is 0. The van der Waals surface area contributed by atoms with E-state index in [1.807, 2.05) is 0 Å². The fourth-order valence-corrected chi connectivity index (χ4v) is 2.76. The molecular formula is C17H25FN2O. The number of carbonyl (C=O) groups is 1. The highest BCUT2D eigenvalue weighted by atomic mass is 19.1. The summed E-state index contributed by atoms with van der Waals surface area (Å²) in [4.78, 5) is 11.8. The molecule has 21 heavy (non-hydrogen) atoms. The minimum atomic E-state index is -0.252. The Balaban J connectivity index is 1.59. The van der Waals surface area contributed by atoms with E-state index in [0.717, 1.165) is 12.1 Å². The number of nitrogens with one attached hydrogen (secondary N) is 2. The van der Waals surface area contributed by atoms with Gasteiger partial charge in [0.15, 0.2) is 0 Å². The number of carbonyl (C=O) groups excluding carboxylic acids is 1. The highest BCUT2D eigenvalue weighted by Crippen LogP contribution is 2.16. The zero-order valence-electron chi connectivity index (χ0n) is 12.5. The molecule has 1 aromatic rings. The van der Waals surface area contributed by atoms with Crippen molar-refractivity contribution in [3.8, 4) is 0 Å². The second-order valence-electron chi connectivity index (χ2n) is 5.80. The Morgan fingerprint density at radius 1 is 1.10 bits per heavy atom. The molecule has 0 saturated heterocycles. The van der Waals surface area contributed by atoms with E-state index in [2.05, 4.69) is 10.6 Å². The molecule has 1 fully saturated rings. The first kappa shape index (κ1) is 16.0. The van der Waals surface area contributed by atoms with Gasteiger partial charge in [-0.1, -0.05) is 37.8 Å². The van der Waals surface area contributed by atoms with Gasteiger partial charge in [-0.25, -0.2) is 4.39 Å². The van der Waals surface area contributed by atoms with Crippen LogP contribution in [0.15, 0.2) is 24.3 Å². The number of benzene rings is 1. The number of hydrogen-bond acceptors (Lipinski definition) is 2. The summed E-state index contributed by atoms with van der Waals surface area (Å²) in [5, 5.41) is 6.35. The van der Waals surface area contributed by atoms with Gasteiger partial charge in [0.05, 0.1) is 0 Å². The van der Waals surface area contributed by atoms with Gasteiger partial charge in [-0.15, -0.1) is 0 Å². The normalized spacial score (nSPS) is 16.4. The molecule has 0 atom stereocenters. The average molecular weight is 292 g/mol. The molecule has 0 radical (unpaired) electrons. The van der Waals surface area contributed by atoms with Crippen LogP contribution in [0.25, 0.3) is 0 Å². The predicted molar refractivity (Wildman–Crippen MR) is 82.4 cm³/mol. The second kappa shape index (κ2) is 8.78. The van der Waals surface area contributed by atoms with Crippen LogP contribution < -0.4 is 10.6 Å². The van der Waals surface area contributed by atoms with E-state index in [-0.39, 0.29) is 11.7 Å². The van der Waals surface area contributed by atoms with Crippen LogP contribution in [0.2, 0.25) is 0 Å². The Morgan fingerprint density at radius 3 is 2.43 bits per heavy atom. The summed E-state index contributed by atoms with van der Waals surface area (Å²) in [5.74, 6) is -0.210. The highest BCUT2D eigenvalue weighted by molar-refractivity contribution is 5.76. The van der Waals surface area contributed by atoms with Gasteiger partial charge in [0.1, 0.15) is 5.82 Å². The summed E-state index contributed by atoms with van der Waals surface area (Å²) in [5.41, 5.74) is 0.918. The molecular weight excluding hydrogens is 267 g/mol. The number of halogens is 1. The van der Waals surface area contributed by atoms with Crippen molar-refractivity contribution < 1.29 is 9.18 Å². The van der Waals surface area contributed by atoms with Crippen LogP contribution in [-0.4, -0.2) is 18.5 Å². The van der Waals surface area contributed by atoms with E-state index >= 15 is 0 Å². The van der Waals surface area contributed by atoms with Crippen LogP contribution in [-0.2, 0) is 11.3 Å². The van der Waals surface area contributed by atoms with Crippen molar-refractivity contribution in [2.45, 2.75) is 57.5 Å². The van der Waals surface area contributed by atoms with Gasteiger partial charge >= 0.3 is 0 Å². The first-order valence-electron chi connectivity index (χ1n) is 7.98. The topological polar surface area (TPSA) is 41.1 Å². The van der Waals surface area contributed by atoms with Gasteiger partial charge in [-0.2, -0.15) is 0 Å². The Hall–Kier alpha value is -1.42. The molecule has 0 spiro atoms. The number of amides is 1. The lowest BCUT2D eigenvalue weighted by Crippen LogP contribution is -2.33. The molecule has 0 unspecified atom stereocenters. The van der Waals surface area contributed by atoms with E-state index in [0.29, 0.717) is 19.0 Å². The predicted octanol–water partition coefficient (Wildman–Crippen LogP) is 3.14. The SMILES string of the molecule is O=C(CCNC1CCCCCC1)NCc1ccc(F)cc1. The minimum absolute atomic E-state index is 0.0421. The Bertz CT molecular complexity index is 425. The maximum Gasteiger partial charge on any atom is 0.221 e. The Kier molecular flexibility index (Phi) is 6.67. The second-order valence-corrected chi connectivity index (χ2v) is 5.80. The van der Waals surface area contributed by atoms with E-state index in [1.54, 1.807) is 12.1 Å². The van der Waals surface area contributed by atoms with Crippen LogP contribution in [0, 0.1) is 5.82 Å². The molecule has 0 aromatic heterocycles. The summed E-state index contributed by atoms with van der Waals surface area (Å²) in [6.07, 6.45) is 8.25. The zero-order chi connectivity index (χ0) is 14.9. The van der Waals surface area contributed by atoms with Crippen LogP contribution in [0.3, 0.4) is 0 Å². The van der Waals surface area contributed by atoms with Crippen LogP contribution >= 0.6 is 0 Å². The quantitative estimate of drug-likeness (QED) is 0.791. The maximum atomic E-state index is 12.8. The molecule has 1 aromatic carbocycles. The lowest BCUT2D eigenvalue weighted by atomic mass is 10.1. The molecule has 2 N–H and O–H groups in total. The van der Waals surface area contributed by atoms with Crippen molar-refractivity contribution in [1.82, 2.24) is 10.6 Å². The number of hydrogen-bond donors (Lipinski definition) is 2. The molecule has 4 heteroatoms. The molecule has 3 nitrogen and oxygen atoms in total. The third-order valence-corrected chi connectivity index (χ3v) is 4.04. The van der Waals surface area contributed by atoms with Gasteiger partial charge in [0.25, 0.3) is 0 Å². The fourth-order valence-electron chi connectivity index (χ4n) is 2.76. The molecule has 1 saturated carbocycles. The largest absolute Gasteiger partial charge is 0.352 e. The van der Waals surface area contributed by atoms with E-state index < -0.39 is 0 Å². The third-order valence-electron chi connectivity index (χ3n) is 4.04. The Morgan fingerprint density at radius 2 is 1.76 bits per heavy atom. The van der Waals surface area contributed by atoms with Crippen LogP contribution in [0.4, 0.5) is 4.39 Å². The van der Waals surface area contributed by atoms with Crippen molar-refractivity contribution in [3.63, 3.8) is 0 Å². The smallest absolute Gasteiger partial charge is 0.221 e. The first-order valence-corrected chi connectivity index (χ1v) is 7.98. The van der Waals surface area contributed by atoms with E-state index in [9.17, 15) is 9.18 Å². The van der Waals surface area contributed by atoms with Crippen molar-refractivity contribution >= 4 is 5.91 Å². The molecule has 116 valence electrons. The molecule has 0 heterocycles. The maximum absolute atomic E-state index is 12.8. The summed E-state index contributed by atoms with van der Waals surface area (Å²) >= 11 is 0. The van der Waals surface area contributed by atoms with Gasteiger partial charge in [-0.3, -0.25) is 4.79 Å². The van der Waals surface area contributed by atoms with Crippen molar-refractivity contribution in [1.29, 1.82) is 0 Å². The molecule has 2 rings (SSSR count). The zero-order valence-corrected chi connectivity index (χ0v) is 12.5. The lowest BCUT2D eigenvalue weighted by molar-refractivity contribution is -0.121. The van der Waals surface area contributed by atoms with Gasteiger partial charge < -0.3 is 10.6 Å². The van der Waals surface area contributed by atoms with Crippen molar-refractivity contribution in [2.24, 2.45) is 0 Å². The van der Waals surface area contributed by atoms with E-state index in [4.69, 9.17) is 0 Å². The molecule has 1 aliphatic rings. The van der Waals surface area contributed by atoms with Gasteiger partial charge in [0.2, 0.25) is 5.91 Å². The summed E-state index contributed by atoms with van der Waals surface area (Å²) < 4.78 is 12.8. The molecule has 0 aliphatic heterocycles. The molecule has 0 bridgehead atoms. The number of rotatable bonds is 6. The summed E-state index contributed by atoms with van der Waals surface area (Å²) in [6.45, 7) is 1.20. The third kappa shape index (κ3) is 6.25. The lowest BCUT2D eigenvalue weighted by Gasteiger charge is -2.15. The monoisotopic (exact) mass is 292 g/mol. The Labute approximate surface area is 126 Å². The standard InChI is InChI=1S/C17H25FN2O/c18-15-9-7-14(8-10-15)13-20-17(21)11-12-19-16-5-3-1-2-4-6-16/h7-10,16,19H,1-6,11-13H2,(H,20,21). The van der Waals surface area contributed by atoms with Crippen LogP contribution in [0.1, 0.15) is 50.5 Å².